The van der Waals surface area contributed by atoms with Crippen molar-refractivity contribution < 1.29 is 19.0 Å². The van der Waals surface area contributed by atoms with Crippen LogP contribution in [0.15, 0.2) is 0 Å². The molecule has 2 rings (SSSR count). The van der Waals surface area contributed by atoms with Gasteiger partial charge in [0, 0.05) is 13.2 Å². The molecule has 1 aliphatic carbocycles. The molecule has 1 aliphatic heterocycles. The predicted molar refractivity (Wildman–Crippen MR) is 76.5 cm³/mol. The summed E-state index contributed by atoms with van der Waals surface area (Å²) in [5, 5.41) is 0. The van der Waals surface area contributed by atoms with Gasteiger partial charge in [-0.1, -0.05) is 13.8 Å². The largest absolute Gasteiger partial charge is 0.465 e. The van der Waals surface area contributed by atoms with Gasteiger partial charge in [0.1, 0.15) is 0 Å². The molecule has 0 aromatic carbocycles. The number of ether oxygens (including phenoxy) is 3. The molecule has 0 aromatic rings. The number of hydrogen-bond acceptors (Lipinski definition) is 4. The Bertz CT molecular complexity index is 328. The Morgan fingerprint density at radius 3 is 2.80 bits per heavy atom. The Morgan fingerprint density at radius 1 is 1.35 bits per heavy atom. The van der Waals surface area contributed by atoms with E-state index in [4.69, 9.17) is 14.2 Å². The molecule has 1 saturated heterocycles. The minimum Gasteiger partial charge on any atom is -0.465 e. The number of carbonyl (C=O) groups excluding carboxylic acids is 1. The summed E-state index contributed by atoms with van der Waals surface area (Å²) in [6, 6.07) is 0. The van der Waals surface area contributed by atoms with Crippen LogP contribution in [0.4, 0.5) is 0 Å². The highest BCUT2D eigenvalue weighted by Gasteiger charge is 2.56. The Balaban J connectivity index is 1.48. The van der Waals surface area contributed by atoms with E-state index < -0.39 is 0 Å². The minimum atomic E-state index is -0.0364. The molecule has 2 fully saturated rings. The number of hydrogen-bond donors (Lipinski definition) is 0. The number of carbonyl (C=O) groups is 1. The van der Waals surface area contributed by atoms with Crippen LogP contribution in [0.5, 0.6) is 0 Å². The second-order valence-electron chi connectivity index (χ2n) is 6.73. The molecule has 0 aromatic heterocycles. The molecule has 0 spiro atoms. The maximum absolute atomic E-state index is 11.9. The summed E-state index contributed by atoms with van der Waals surface area (Å²) in [4.78, 5) is 11.9. The second-order valence-corrected chi connectivity index (χ2v) is 6.73. The predicted octanol–water partition coefficient (Wildman–Crippen LogP) is 2.94. The number of rotatable bonds is 8. The molecule has 116 valence electrons. The van der Waals surface area contributed by atoms with Crippen molar-refractivity contribution in [2.75, 3.05) is 19.8 Å². The molecular weight excluding hydrogens is 256 g/mol. The normalized spacial score (nSPS) is 32.0. The summed E-state index contributed by atoms with van der Waals surface area (Å²) in [7, 11) is 0. The van der Waals surface area contributed by atoms with E-state index in [9.17, 15) is 4.79 Å². The van der Waals surface area contributed by atoms with E-state index in [0.29, 0.717) is 18.6 Å². The zero-order chi connectivity index (χ0) is 14.6. The van der Waals surface area contributed by atoms with E-state index >= 15 is 0 Å². The maximum atomic E-state index is 11.9. The Hall–Kier alpha value is -0.610. The monoisotopic (exact) mass is 284 g/mol. The van der Waals surface area contributed by atoms with Crippen molar-refractivity contribution in [1.82, 2.24) is 0 Å². The van der Waals surface area contributed by atoms with Crippen LogP contribution in [0.25, 0.3) is 0 Å². The average Bonchev–Trinajstić information content (AvgIpc) is 3.07. The third kappa shape index (κ3) is 4.45. The van der Waals surface area contributed by atoms with Crippen molar-refractivity contribution in [1.29, 1.82) is 0 Å². The first-order valence-electron chi connectivity index (χ1n) is 7.93. The molecule has 4 heteroatoms. The van der Waals surface area contributed by atoms with E-state index in [0.717, 1.165) is 45.3 Å². The van der Waals surface area contributed by atoms with Crippen LogP contribution < -0.4 is 0 Å². The number of unbranched alkanes of at least 4 members (excludes halogenated alkanes) is 1. The average molecular weight is 284 g/mol. The molecule has 0 bridgehead atoms. The molecule has 3 atom stereocenters. The third-order valence-electron chi connectivity index (χ3n) is 4.23. The SMILES string of the molecule is CC(C)COCCCCOC(=O)C1CCC2(C)OC2C1. The van der Waals surface area contributed by atoms with E-state index in [1.807, 2.05) is 0 Å². The van der Waals surface area contributed by atoms with Crippen molar-refractivity contribution >= 4 is 5.97 Å². The van der Waals surface area contributed by atoms with Gasteiger partial charge in [-0.2, -0.15) is 0 Å². The van der Waals surface area contributed by atoms with Crippen molar-refractivity contribution in [2.24, 2.45) is 11.8 Å². The fraction of sp³-hybridized carbons (Fsp3) is 0.938. The second kappa shape index (κ2) is 6.90. The highest BCUT2D eigenvalue weighted by atomic mass is 16.6. The van der Waals surface area contributed by atoms with Crippen LogP contribution in [-0.2, 0) is 19.0 Å². The van der Waals surface area contributed by atoms with E-state index in [-0.39, 0.29) is 17.5 Å². The first-order valence-corrected chi connectivity index (χ1v) is 7.93. The zero-order valence-electron chi connectivity index (χ0n) is 13.0. The number of fused-ring (bicyclic) bond motifs is 1. The first-order chi connectivity index (χ1) is 9.51. The fourth-order valence-electron chi connectivity index (χ4n) is 2.78. The highest BCUT2D eigenvalue weighted by Crippen LogP contribution is 2.49. The topological polar surface area (TPSA) is 48.1 Å². The summed E-state index contributed by atoms with van der Waals surface area (Å²) in [6.07, 6.45) is 4.86. The van der Waals surface area contributed by atoms with Crippen LogP contribution >= 0.6 is 0 Å². The van der Waals surface area contributed by atoms with Crippen molar-refractivity contribution in [3.05, 3.63) is 0 Å². The number of esters is 1. The van der Waals surface area contributed by atoms with Gasteiger partial charge in [0.25, 0.3) is 0 Å². The molecule has 0 N–H and O–H groups in total. The van der Waals surface area contributed by atoms with Crippen molar-refractivity contribution in [2.45, 2.75) is 64.6 Å². The lowest BCUT2D eigenvalue weighted by Gasteiger charge is -2.20. The lowest BCUT2D eigenvalue weighted by molar-refractivity contribution is -0.149. The molecule has 1 heterocycles. The van der Waals surface area contributed by atoms with Gasteiger partial charge >= 0.3 is 5.97 Å². The molecule has 20 heavy (non-hydrogen) atoms. The number of epoxide rings is 1. The lowest BCUT2D eigenvalue weighted by atomic mass is 9.83. The zero-order valence-corrected chi connectivity index (χ0v) is 13.0. The molecule has 1 saturated carbocycles. The smallest absolute Gasteiger partial charge is 0.309 e. The summed E-state index contributed by atoms with van der Waals surface area (Å²) < 4.78 is 16.5. The standard InChI is InChI=1S/C16H28O4/c1-12(2)11-18-8-4-5-9-19-15(17)13-6-7-16(3)14(10-13)20-16/h12-14H,4-11H2,1-3H3. The van der Waals surface area contributed by atoms with Crippen LogP contribution in [0.2, 0.25) is 0 Å². The maximum Gasteiger partial charge on any atom is 0.309 e. The van der Waals surface area contributed by atoms with Crippen molar-refractivity contribution in [3.8, 4) is 0 Å². The van der Waals surface area contributed by atoms with Gasteiger partial charge in [0.05, 0.1) is 24.2 Å². The van der Waals surface area contributed by atoms with Gasteiger partial charge in [-0.15, -0.1) is 0 Å². The van der Waals surface area contributed by atoms with E-state index in [1.54, 1.807) is 0 Å². The fourth-order valence-corrected chi connectivity index (χ4v) is 2.78. The molecule has 2 aliphatic rings. The van der Waals surface area contributed by atoms with Gasteiger partial charge in [-0.3, -0.25) is 4.79 Å². The van der Waals surface area contributed by atoms with Gasteiger partial charge in [0.2, 0.25) is 0 Å². The van der Waals surface area contributed by atoms with Crippen LogP contribution in [0, 0.1) is 11.8 Å². The summed E-state index contributed by atoms with van der Waals surface area (Å²) in [5.74, 6) is 0.591. The van der Waals surface area contributed by atoms with Gasteiger partial charge in [0.15, 0.2) is 0 Å². The van der Waals surface area contributed by atoms with Gasteiger partial charge in [-0.25, -0.2) is 0 Å². The van der Waals surface area contributed by atoms with Crippen LogP contribution in [0.3, 0.4) is 0 Å². The Morgan fingerprint density at radius 2 is 2.10 bits per heavy atom. The summed E-state index contributed by atoms with van der Waals surface area (Å²) in [6.45, 7) is 8.50. The summed E-state index contributed by atoms with van der Waals surface area (Å²) >= 11 is 0. The van der Waals surface area contributed by atoms with Gasteiger partial charge < -0.3 is 14.2 Å². The Labute approximate surface area is 122 Å². The van der Waals surface area contributed by atoms with Crippen molar-refractivity contribution in [3.63, 3.8) is 0 Å². The Kier molecular flexibility index (Phi) is 5.44. The molecular formula is C16H28O4. The minimum absolute atomic E-state index is 0.0364. The molecule has 4 nitrogen and oxygen atoms in total. The van der Waals surface area contributed by atoms with Gasteiger partial charge in [-0.05, 0) is 44.9 Å². The lowest BCUT2D eigenvalue weighted by Crippen LogP contribution is -2.28. The van der Waals surface area contributed by atoms with E-state index in [1.165, 1.54) is 0 Å². The molecule has 0 radical (unpaired) electrons. The first kappa shape index (κ1) is 15.8. The van der Waals surface area contributed by atoms with Crippen LogP contribution in [-0.4, -0.2) is 37.5 Å². The quantitative estimate of drug-likeness (QED) is 0.390. The molecule has 0 amide bonds. The van der Waals surface area contributed by atoms with Crippen LogP contribution in [0.1, 0.15) is 52.9 Å². The van der Waals surface area contributed by atoms with E-state index in [2.05, 4.69) is 20.8 Å². The molecule has 3 unspecified atom stereocenters. The summed E-state index contributed by atoms with van der Waals surface area (Å²) in [5.41, 5.74) is 0.0739. The highest BCUT2D eigenvalue weighted by molar-refractivity contribution is 5.72. The third-order valence-corrected chi connectivity index (χ3v) is 4.23.